The molecule has 1 aliphatic heterocycles. The van der Waals surface area contributed by atoms with Gasteiger partial charge in [-0.3, -0.25) is 15.1 Å². The molecule has 0 amide bonds. The van der Waals surface area contributed by atoms with Crippen LogP contribution in [0, 0.1) is 10.1 Å². The van der Waals surface area contributed by atoms with Gasteiger partial charge >= 0.3 is 0 Å². The molecule has 0 spiro atoms. The highest BCUT2D eigenvalue weighted by molar-refractivity contribution is 5.82. The van der Waals surface area contributed by atoms with Crippen LogP contribution in [0.1, 0.15) is 26.7 Å². The van der Waals surface area contributed by atoms with Crippen molar-refractivity contribution >= 4 is 5.71 Å². The molecule has 0 fully saturated rings. The van der Waals surface area contributed by atoms with Gasteiger partial charge in [-0.25, -0.2) is 0 Å². The summed E-state index contributed by atoms with van der Waals surface area (Å²) in [5.74, 6) is 0. The Hall–Kier alpha value is -1.05. The van der Waals surface area contributed by atoms with E-state index in [0.29, 0.717) is 0 Å². The predicted octanol–water partition coefficient (Wildman–Crippen LogP) is 0.0453. The topological polar surface area (TPSA) is 91.6 Å². The average Bonchev–Trinajstić information content (AvgIpc) is 2.36. The van der Waals surface area contributed by atoms with Gasteiger partial charge < -0.3 is 16.0 Å². The zero-order chi connectivity index (χ0) is 14.8. The summed E-state index contributed by atoms with van der Waals surface area (Å²) in [5.41, 5.74) is 0.712. The molecule has 0 aromatic rings. The quantitative estimate of drug-likeness (QED) is 0.492. The molecule has 116 valence electrons. The van der Waals surface area contributed by atoms with Gasteiger partial charge in [-0.05, 0) is 33.2 Å². The highest BCUT2D eigenvalue weighted by Crippen LogP contribution is 2.09. The second-order valence-electron chi connectivity index (χ2n) is 5.60. The third-order valence-corrected chi connectivity index (χ3v) is 3.52. The second-order valence-corrected chi connectivity index (χ2v) is 5.60. The van der Waals surface area contributed by atoms with E-state index in [0.717, 1.165) is 52.1 Å². The van der Waals surface area contributed by atoms with Gasteiger partial charge in [0, 0.05) is 36.8 Å². The van der Waals surface area contributed by atoms with Crippen molar-refractivity contribution in [3.05, 3.63) is 10.1 Å². The summed E-state index contributed by atoms with van der Waals surface area (Å²) in [6.07, 6.45) is 1.68. The molecule has 1 unspecified atom stereocenters. The number of hydrogen-bond acceptors (Lipinski definition) is 6. The molecule has 0 aliphatic carbocycles. The fourth-order valence-electron chi connectivity index (χ4n) is 2.25. The van der Waals surface area contributed by atoms with Gasteiger partial charge in [0.1, 0.15) is 0 Å². The van der Waals surface area contributed by atoms with Crippen LogP contribution in [-0.2, 0) is 0 Å². The van der Waals surface area contributed by atoms with Crippen molar-refractivity contribution in [2.75, 3.05) is 45.8 Å². The van der Waals surface area contributed by atoms with Gasteiger partial charge in [-0.1, -0.05) is 0 Å². The Kier molecular flexibility index (Phi) is 7.64. The summed E-state index contributed by atoms with van der Waals surface area (Å²) in [6.45, 7) is 8.73. The number of nitrogens with zero attached hydrogens (tertiary/aromatic N) is 2. The molecule has 0 radical (unpaired) electrons. The molecule has 1 heterocycles. The maximum absolute atomic E-state index is 10.8. The fraction of sp³-hybridized carbons (Fsp3) is 0.923. The van der Waals surface area contributed by atoms with E-state index >= 15 is 0 Å². The summed E-state index contributed by atoms with van der Waals surface area (Å²) in [6, 6.07) is 0. The Labute approximate surface area is 120 Å². The normalized spacial score (nSPS) is 27.4. The van der Waals surface area contributed by atoms with Gasteiger partial charge in [-0.15, -0.1) is 0 Å². The molecule has 1 atom stereocenters. The van der Waals surface area contributed by atoms with Crippen LogP contribution in [0.2, 0.25) is 0 Å². The lowest BCUT2D eigenvalue weighted by Gasteiger charge is -2.27. The molecule has 0 bridgehead atoms. The number of aliphatic imine (C=N–C) groups is 1. The highest BCUT2D eigenvalue weighted by Gasteiger charge is 2.29. The third kappa shape index (κ3) is 7.52. The van der Waals surface area contributed by atoms with Gasteiger partial charge in [0.05, 0.1) is 12.1 Å². The van der Waals surface area contributed by atoms with E-state index < -0.39 is 5.54 Å². The third-order valence-electron chi connectivity index (χ3n) is 3.52. The van der Waals surface area contributed by atoms with Gasteiger partial charge in [0.25, 0.3) is 0 Å². The van der Waals surface area contributed by atoms with E-state index in [9.17, 15) is 10.1 Å². The first-order valence-corrected chi connectivity index (χ1v) is 7.30. The van der Waals surface area contributed by atoms with E-state index in [2.05, 4.69) is 27.9 Å². The summed E-state index contributed by atoms with van der Waals surface area (Å²) in [5, 5.41) is 20.7. The van der Waals surface area contributed by atoms with Crippen molar-refractivity contribution in [1.29, 1.82) is 0 Å². The van der Waals surface area contributed by atoms with Crippen molar-refractivity contribution in [3.8, 4) is 0 Å². The van der Waals surface area contributed by atoms with Crippen LogP contribution in [-0.4, -0.2) is 62.0 Å². The fourth-order valence-corrected chi connectivity index (χ4v) is 2.25. The average molecular weight is 285 g/mol. The molecule has 0 saturated carbocycles. The van der Waals surface area contributed by atoms with Crippen molar-refractivity contribution in [2.45, 2.75) is 32.2 Å². The van der Waals surface area contributed by atoms with E-state index in [4.69, 9.17) is 0 Å². The van der Waals surface area contributed by atoms with Crippen LogP contribution in [0.5, 0.6) is 0 Å². The molecular formula is C13H27N5O2. The molecule has 0 aromatic carbocycles. The maximum atomic E-state index is 10.8. The van der Waals surface area contributed by atoms with Crippen LogP contribution in [0.3, 0.4) is 0 Å². The monoisotopic (exact) mass is 285 g/mol. The summed E-state index contributed by atoms with van der Waals surface area (Å²) >= 11 is 0. The molecule has 7 nitrogen and oxygen atoms in total. The number of rotatable bonds is 2. The lowest BCUT2D eigenvalue weighted by molar-refractivity contribution is -0.490. The summed E-state index contributed by atoms with van der Waals surface area (Å²) in [7, 11) is 0. The van der Waals surface area contributed by atoms with E-state index in [1.54, 1.807) is 0 Å². The molecule has 1 rings (SSSR count). The van der Waals surface area contributed by atoms with Crippen molar-refractivity contribution in [1.82, 2.24) is 16.0 Å². The predicted molar refractivity (Wildman–Crippen MR) is 81.2 cm³/mol. The zero-order valence-corrected chi connectivity index (χ0v) is 12.6. The largest absolute Gasteiger partial charge is 0.315 e. The molecule has 0 saturated heterocycles. The Morgan fingerprint density at radius 2 is 2.00 bits per heavy atom. The molecule has 20 heavy (non-hydrogen) atoms. The Balaban J connectivity index is 2.51. The van der Waals surface area contributed by atoms with Crippen LogP contribution < -0.4 is 16.0 Å². The molecule has 0 aromatic heterocycles. The highest BCUT2D eigenvalue weighted by atomic mass is 16.6. The number of nitro groups is 1. The van der Waals surface area contributed by atoms with Gasteiger partial charge in [0.2, 0.25) is 6.54 Å². The minimum atomic E-state index is -0.457. The SMILES string of the molecule is CC1=NCCNCCC(C)(C[N+](=O)[O-])NCCNCC1. The lowest BCUT2D eigenvalue weighted by Crippen LogP contribution is -2.51. The first kappa shape index (κ1) is 17.0. The van der Waals surface area contributed by atoms with Crippen molar-refractivity contribution in [3.63, 3.8) is 0 Å². The minimum absolute atomic E-state index is 0.0497. The number of nitrogens with one attached hydrogen (secondary N) is 3. The maximum Gasteiger partial charge on any atom is 0.221 e. The first-order valence-electron chi connectivity index (χ1n) is 7.30. The van der Waals surface area contributed by atoms with Crippen molar-refractivity contribution < 1.29 is 4.92 Å². The summed E-state index contributed by atoms with van der Waals surface area (Å²) in [4.78, 5) is 15.0. The minimum Gasteiger partial charge on any atom is -0.315 e. The molecule has 1 aliphatic rings. The van der Waals surface area contributed by atoms with Gasteiger partial charge in [0.15, 0.2) is 0 Å². The van der Waals surface area contributed by atoms with Crippen LogP contribution in [0.4, 0.5) is 0 Å². The van der Waals surface area contributed by atoms with Crippen molar-refractivity contribution in [2.24, 2.45) is 4.99 Å². The van der Waals surface area contributed by atoms with Crippen LogP contribution in [0.25, 0.3) is 0 Å². The summed E-state index contributed by atoms with van der Waals surface area (Å²) < 4.78 is 0. The lowest BCUT2D eigenvalue weighted by atomic mass is 9.97. The standard InChI is InChI=1S/C13H27N5O2/c1-12-3-5-14-8-10-17-13(2,11-18(19)20)4-6-15-7-9-16-12/h14-15,17H,3-11H2,1-2H3. The van der Waals surface area contributed by atoms with E-state index in [-0.39, 0.29) is 11.5 Å². The van der Waals surface area contributed by atoms with E-state index in [1.165, 1.54) is 5.71 Å². The molecule has 7 heteroatoms. The van der Waals surface area contributed by atoms with Crippen LogP contribution in [0.15, 0.2) is 4.99 Å². The second kappa shape index (κ2) is 8.99. The Morgan fingerprint density at radius 1 is 1.25 bits per heavy atom. The Morgan fingerprint density at radius 3 is 2.75 bits per heavy atom. The van der Waals surface area contributed by atoms with Gasteiger partial charge in [-0.2, -0.15) is 0 Å². The number of hydrogen-bond donors (Lipinski definition) is 3. The zero-order valence-electron chi connectivity index (χ0n) is 12.6. The molecular weight excluding hydrogens is 258 g/mol. The smallest absolute Gasteiger partial charge is 0.221 e. The van der Waals surface area contributed by atoms with Crippen LogP contribution >= 0.6 is 0 Å². The first-order chi connectivity index (χ1) is 9.52. The Bertz CT molecular complexity index is 335. The molecule has 3 N–H and O–H groups in total. The van der Waals surface area contributed by atoms with E-state index in [1.807, 2.05) is 6.92 Å².